The summed E-state index contributed by atoms with van der Waals surface area (Å²) in [5.74, 6) is 0. The maximum atomic E-state index is 9.13. The van der Waals surface area contributed by atoms with Crippen molar-refractivity contribution in [1.29, 1.82) is 0 Å². The number of hydrogen-bond acceptors (Lipinski definition) is 3. The molecule has 0 atom stereocenters. The molecular weight excluding hydrogens is 202 g/mol. The second-order valence-electron chi connectivity index (χ2n) is 4.62. The van der Waals surface area contributed by atoms with Gasteiger partial charge < -0.3 is 9.52 Å². The molecule has 1 saturated carbocycles. The lowest BCUT2D eigenvalue weighted by atomic mass is 9.94. The molecule has 1 aromatic rings. The Balaban J connectivity index is 1.92. The molecule has 1 aliphatic rings. The first kappa shape index (κ1) is 11.7. The molecule has 16 heavy (non-hydrogen) atoms. The third-order valence-electron chi connectivity index (χ3n) is 3.44. The van der Waals surface area contributed by atoms with Crippen LogP contribution in [0.4, 0.5) is 0 Å². The van der Waals surface area contributed by atoms with Gasteiger partial charge in [-0.3, -0.25) is 4.90 Å². The molecule has 0 aliphatic heterocycles. The number of aliphatic hydroxyl groups is 1. The maximum absolute atomic E-state index is 9.13. The monoisotopic (exact) mass is 223 g/mol. The number of aliphatic hydroxyl groups excluding tert-OH is 1. The van der Waals surface area contributed by atoms with E-state index in [1.54, 1.807) is 12.5 Å². The predicted octanol–water partition coefficient (Wildman–Crippen LogP) is 2.41. The van der Waals surface area contributed by atoms with Gasteiger partial charge in [-0.15, -0.1) is 0 Å². The molecule has 3 nitrogen and oxygen atoms in total. The largest absolute Gasteiger partial charge is 0.472 e. The van der Waals surface area contributed by atoms with Crippen LogP contribution in [0, 0.1) is 0 Å². The number of hydrogen-bond donors (Lipinski definition) is 1. The fourth-order valence-corrected chi connectivity index (χ4v) is 2.58. The Labute approximate surface area is 97.1 Å². The van der Waals surface area contributed by atoms with Gasteiger partial charge >= 0.3 is 0 Å². The van der Waals surface area contributed by atoms with E-state index in [-0.39, 0.29) is 6.61 Å². The van der Waals surface area contributed by atoms with Crippen molar-refractivity contribution in [3.8, 4) is 0 Å². The van der Waals surface area contributed by atoms with Crippen LogP contribution in [-0.2, 0) is 6.54 Å². The van der Waals surface area contributed by atoms with Crippen molar-refractivity contribution in [2.45, 2.75) is 44.7 Å². The molecule has 0 amide bonds. The highest BCUT2D eigenvalue weighted by Crippen LogP contribution is 2.23. The van der Waals surface area contributed by atoms with E-state index in [9.17, 15) is 0 Å². The third kappa shape index (κ3) is 3.09. The molecule has 1 aliphatic carbocycles. The predicted molar refractivity (Wildman–Crippen MR) is 63.1 cm³/mol. The third-order valence-corrected chi connectivity index (χ3v) is 3.44. The standard InChI is InChI=1S/C13H21NO2/c15-8-7-14(10-12-6-9-16-11-12)13-4-2-1-3-5-13/h6,9,11,13,15H,1-5,7-8,10H2. The van der Waals surface area contributed by atoms with Gasteiger partial charge in [-0.05, 0) is 18.9 Å². The topological polar surface area (TPSA) is 36.6 Å². The van der Waals surface area contributed by atoms with E-state index in [1.165, 1.54) is 37.7 Å². The van der Waals surface area contributed by atoms with Crippen molar-refractivity contribution in [2.75, 3.05) is 13.2 Å². The van der Waals surface area contributed by atoms with Crippen LogP contribution in [0.5, 0.6) is 0 Å². The van der Waals surface area contributed by atoms with Crippen molar-refractivity contribution in [3.05, 3.63) is 24.2 Å². The molecule has 1 fully saturated rings. The summed E-state index contributed by atoms with van der Waals surface area (Å²) in [4.78, 5) is 2.39. The van der Waals surface area contributed by atoms with Crippen molar-refractivity contribution >= 4 is 0 Å². The molecule has 1 N–H and O–H groups in total. The van der Waals surface area contributed by atoms with Gasteiger partial charge in [0.25, 0.3) is 0 Å². The van der Waals surface area contributed by atoms with Gasteiger partial charge in [-0.25, -0.2) is 0 Å². The minimum Gasteiger partial charge on any atom is -0.472 e. The van der Waals surface area contributed by atoms with Crippen LogP contribution in [0.2, 0.25) is 0 Å². The van der Waals surface area contributed by atoms with Crippen molar-refractivity contribution in [3.63, 3.8) is 0 Å². The maximum Gasteiger partial charge on any atom is 0.0947 e. The minimum absolute atomic E-state index is 0.244. The molecule has 0 radical (unpaired) electrons. The molecule has 0 saturated heterocycles. The van der Waals surface area contributed by atoms with Gasteiger partial charge in [0.05, 0.1) is 19.1 Å². The fraction of sp³-hybridized carbons (Fsp3) is 0.692. The van der Waals surface area contributed by atoms with Gasteiger partial charge in [-0.2, -0.15) is 0 Å². The molecule has 1 aromatic heterocycles. The van der Waals surface area contributed by atoms with Crippen LogP contribution in [0.3, 0.4) is 0 Å². The second-order valence-corrected chi connectivity index (χ2v) is 4.62. The first-order valence-corrected chi connectivity index (χ1v) is 6.26. The lowest BCUT2D eigenvalue weighted by molar-refractivity contribution is 0.117. The Morgan fingerprint density at radius 3 is 2.75 bits per heavy atom. The molecule has 90 valence electrons. The molecule has 3 heteroatoms. The fourth-order valence-electron chi connectivity index (χ4n) is 2.58. The number of rotatable bonds is 5. The van der Waals surface area contributed by atoms with Crippen molar-refractivity contribution in [2.24, 2.45) is 0 Å². The second kappa shape index (κ2) is 6.06. The van der Waals surface area contributed by atoms with Crippen molar-refractivity contribution < 1.29 is 9.52 Å². The van der Waals surface area contributed by atoms with Crippen LogP contribution in [0.15, 0.2) is 23.0 Å². The smallest absolute Gasteiger partial charge is 0.0947 e. The quantitative estimate of drug-likeness (QED) is 0.832. The molecular formula is C13H21NO2. The highest BCUT2D eigenvalue weighted by molar-refractivity contribution is 5.05. The highest BCUT2D eigenvalue weighted by atomic mass is 16.3. The van der Waals surface area contributed by atoms with Crippen LogP contribution < -0.4 is 0 Å². The molecule has 0 spiro atoms. The van der Waals surface area contributed by atoms with Crippen LogP contribution in [0.1, 0.15) is 37.7 Å². The summed E-state index contributed by atoms with van der Waals surface area (Å²) in [5.41, 5.74) is 1.21. The Kier molecular flexibility index (Phi) is 4.43. The zero-order valence-electron chi connectivity index (χ0n) is 9.77. The Morgan fingerprint density at radius 1 is 1.31 bits per heavy atom. The lowest BCUT2D eigenvalue weighted by Gasteiger charge is -2.33. The minimum atomic E-state index is 0.244. The Bertz CT molecular complexity index is 278. The van der Waals surface area contributed by atoms with E-state index >= 15 is 0 Å². The molecule has 1 heterocycles. The van der Waals surface area contributed by atoms with E-state index in [0.29, 0.717) is 6.04 Å². The van der Waals surface area contributed by atoms with E-state index in [4.69, 9.17) is 9.52 Å². The summed E-state index contributed by atoms with van der Waals surface area (Å²) >= 11 is 0. The summed E-state index contributed by atoms with van der Waals surface area (Å²) in [6.07, 6.45) is 10.1. The van der Waals surface area contributed by atoms with Gasteiger partial charge in [0.2, 0.25) is 0 Å². The van der Waals surface area contributed by atoms with E-state index in [1.807, 2.05) is 6.07 Å². The summed E-state index contributed by atoms with van der Waals surface area (Å²) in [7, 11) is 0. The molecule has 2 rings (SSSR count). The summed E-state index contributed by atoms with van der Waals surface area (Å²) in [5, 5.41) is 9.13. The molecule has 0 unspecified atom stereocenters. The van der Waals surface area contributed by atoms with E-state index in [2.05, 4.69) is 4.90 Å². The Hall–Kier alpha value is -0.800. The number of furan rings is 1. The summed E-state index contributed by atoms with van der Waals surface area (Å²) in [6.45, 7) is 1.92. The average Bonchev–Trinajstić information content (AvgIpc) is 2.83. The zero-order chi connectivity index (χ0) is 11.2. The zero-order valence-corrected chi connectivity index (χ0v) is 9.77. The normalized spacial score (nSPS) is 18.1. The van der Waals surface area contributed by atoms with Crippen LogP contribution in [0.25, 0.3) is 0 Å². The van der Waals surface area contributed by atoms with E-state index < -0.39 is 0 Å². The summed E-state index contributed by atoms with van der Waals surface area (Å²) < 4.78 is 5.09. The first-order valence-electron chi connectivity index (χ1n) is 6.26. The van der Waals surface area contributed by atoms with Gasteiger partial charge in [0.1, 0.15) is 0 Å². The van der Waals surface area contributed by atoms with Gasteiger partial charge in [0.15, 0.2) is 0 Å². The lowest BCUT2D eigenvalue weighted by Crippen LogP contribution is -2.38. The summed E-state index contributed by atoms with van der Waals surface area (Å²) in [6, 6.07) is 2.66. The SMILES string of the molecule is OCCN(Cc1ccoc1)C1CCCCC1. The van der Waals surface area contributed by atoms with Crippen LogP contribution in [-0.4, -0.2) is 29.2 Å². The van der Waals surface area contributed by atoms with Crippen molar-refractivity contribution in [1.82, 2.24) is 4.90 Å². The van der Waals surface area contributed by atoms with E-state index in [0.717, 1.165) is 13.1 Å². The highest BCUT2D eigenvalue weighted by Gasteiger charge is 2.20. The van der Waals surface area contributed by atoms with Gasteiger partial charge in [-0.1, -0.05) is 19.3 Å². The Morgan fingerprint density at radius 2 is 2.12 bits per heavy atom. The molecule has 0 bridgehead atoms. The molecule has 0 aromatic carbocycles. The average molecular weight is 223 g/mol. The first-order chi connectivity index (χ1) is 7.90. The number of nitrogens with zero attached hydrogens (tertiary/aromatic N) is 1. The van der Waals surface area contributed by atoms with Crippen LogP contribution >= 0.6 is 0 Å². The van der Waals surface area contributed by atoms with Gasteiger partial charge in [0, 0.05) is 24.7 Å².